The molecule has 6 heteroatoms. The summed E-state index contributed by atoms with van der Waals surface area (Å²) in [5.41, 5.74) is 0. The summed E-state index contributed by atoms with van der Waals surface area (Å²) >= 11 is 0. The second-order valence-electron chi connectivity index (χ2n) is 18.9. The standard InChI is InChI=1S/C56H107NO5/c1-3-5-7-9-11-13-15-17-21-25-28-32-36-40-44-48-54(59)53(52-58)57-55(60)49-45-41-37-33-29-26-22-19-18-20-23-27-31-35-39-43-47-51-62-56(61)50-46-42-38-34-30-24-16-14-12-10-8-6-4-2/h14,16,18,20,53-54,58-59H,3-13,15,17,19,21-52H2,1-2H3,(H,57,60)/b16-14-,20-18-. The molecule has 62 heavy (non-hydrogen) atoms. The predicted molar refractivity (Wildman–Crippen MR) is 269 cm³/mol. The molecule has 0 aromatic heterocycles. The number of carbonyl (C=O) groups is 2. The summed E-state index contributed by atoms with van der Waals surface area (Å²) in [6.45, 7) is 4.92. The number of rotatable bonds is 51. The van der Waals surface area contributed by atoms with E-state index in [-0.39, 0.29) is 18.5 Å². The Balaban J connectivity index is 3.46. The van der Waals surface area contributed by atoms with E-state index in [9.17, 15) is 19.8 Å². The van der Waals surface area contributed by atoms with Crippen LogP contribution in [0.1, 0.15) is 296 Å². The van der Waals surface area contributed by atoms with Gasteiger partial charge in [-0.3, -0.25) is 9.59 Å². The van der Waals surface area contributed by atoms with E-state index in [1.165, 1.54) is 205 Å². The van der Waals surface area contributed by atoms with Crippen molar-refractivity contribution >= 4 is 11.9 Å². The van der Waals surface area contributed by atoms with E-state index >= 15 is 0 Å². The number of ether oxygens (including phenoxy) is 1. The van der Waals surface area contributed by atoms with E-state index in [0.717, 1.165) is 57.8 Å². The Kier molecular flexibility index (Phi) is 50.6. The van der Waals surface area contributed by atoms with Gasteiger partial charge in [0.05, 0.1) is 25.4 Å². The van der Waals surface area contributed by atoms with Gasteiger partial charge in [-0.25, -0.2) is 0 Å². The molecule has 0 aliphatic rings. The first-order chi connectivity index (χ1) is 30.5. The van der Waals surface area contributed by atoms with Crippen LogP contribution < -0.4 is 5.32 Å². The minimum Gasteiger partial charge on any atom is -0.466 e. The molecule has 0 aliphatic carbocycles. The first-order valence-corrected chi connectivity index (χ1v) is 27.6. The van der Waals surface area contributed by atoms with Gasteiger partial charge in [0.25, 0.3) is 0 Å². The first kappa shape index (κ1) is 60.3. The number of hydrogen-bond donors (Lipinski definition) is 3. The minimum absolute atomic E-state index is 0.0110. The maximum absolute atomic E-state index is 12.5. The predicted octanol–water partition coefficient (Wildman–Crippen LogP) is 16.7. The fourth-order valence-corrected chi connectivity index (χ4v) is 8.45. The third-order valence-electron chi connectivity index (χ3n) is 12.7. The van der Waals surface area contributed by atoms with Gasteiger partial charge >= 0.3 is 5.97 Å². The van der Waals surface area contributed by atoms with E-state index in [2.05, 4.69) is 43.5 Å². The summed E-state index contributed by atoms with van der Waals surface area (Å²) in [6, 6.07) is -0.550. The van der Waals surface area contributed by atoms with Crippen molar-refractivity contribution in [2.45, 2.75) is 309 Å². The Bertz CT molecular complexity index is 966. The largest absolute Gasteiger partial charge is 0.466 e. The second kappa shape index (κ2) is 52.0. The van der Waals surface area contributed by atoms with E-state index in [1.54, 1.807) is 0 Å². The molecule has 0 aromatic rings. The van der Waals surface area contributed by atoms with Crippen LogP contribution in [0.5, 0.6) is 0 Å². The Morgan fingerprint density at radius 2 is 0.758 bits per heavy atom. The molecule has 2 atom stereocenters. The number of allylic oxidation sites excluding steroid dienone is 4. The van der Waals surface area contributed by atoms with E-state index in [1.807, 2.05) is 0 Å². The first-order valence-electron chi connectivity index (χ1n) is 27.6. The Morgan fingerprint density at radius 1 is 0.435 bits per heavy atom. The van der Waals surface area contributed by atoms with Crippen molar-refractivity contribution in [1.29, 1.82) is 0 Å². The third kappa shape index (κ3) is 47.8. The average molecular weight is 874 g/mol. The van der Waals surface area contributed by atoms with Crippen molar-refractivity contribution in [3.8, 4) is 0 Å². The van der Waals surface area contributed by atoms with E-state index in [4.69, 9.17) is 4.74 Å². The molecule has 0 heterocycles. The smallest absolute Gasteiger partial charge is 0.305 e. The second-order valence-corrected chi connectivity index (χ2v) is 18.9. The molecule has 0 radical (unpaired) electrons. The summed E-state index contributed by atoms with van der Waals surface area (Å²) in [5.74, 6) is -0.0574. The monoisotopic (exact) mass is 874 g/mol. The molecule has 0 saturated carbocycles. The van der Waals surface area contributed by atoms with Crippen LogP contribution in [0.3, 0.4) is 0 Å². The number of nitrogens with one attached hydrogen (secondary N) is 1. The molecule has 0 rings (SSSR count). The number of unbranched alkanes of at least 4 members (excludes halogenated alkanes) is 36. The fraction of sp³-hybridized carbons (Fsp3) is 0.893. The lowest BCUT2D eigenvalue weighted by Crippen LogP contribution is -2.45. The summed E-state index contributed by atoms with van der Waals surface area (Å²) in [6.07, 6.45) is 61.5. The van der Waals surface area contributed by atoms with Gasteiger partial charge in [0.15, 0.2) is 0 Å². The fourth-order valence-electron chi connectivity index (χ4n) is 8.45. The molecule has 0 fully saturated rings. The molecule has 366 valence electrons. The highest BCUT2D eigenvalue weighted by atomic mass is 16.5. The maximum atomic E-state index is 12.5. The highest BCUT2D eigenvalue weighted by molar-refractivity contribution is 5.76. The van der Waals surface area contributed by atoms with Crippen molar-refractivity contribution in [2.75, 3.05) is 13.2 Å². The highest BCUT2D eigenvalue weighted by Crippen LogP contribution is 2.16. The zero-order chi connectivity index (χ0) is 45.1. The van der Waals surface area contributed by atoms with Crippen LogP contribution in [-0.2, 0) is 14.3 Å². The Labute approximate surface area is 386 Å². The number of aliphatic hydroxyl groups excluding tert-OH is 2. The molecule has 3 N–H and O–H groups in total. The van der Waals surface area contributed by atoms with Crippen LogP contribution >= 0.6 is 0 Å². The molecule has 2 unspecified atom stereocenters. The van der Waals surface area contributed by atoms with Gasteiger partial charge in [-0.1, -0.05) is 231 Å². The number of hydrogen-bond acceptors (Lipinski definition) is 5. The van der Waals surface area contributed by atoms with Gasteiger partial charge in [-0.05, 0) is 77.0 Å². The summed E-state index contributed by atoms with van der Waals surface area (Å²) in [4.78, 5) is 24.5. The summed E-state index contributed by atoms with van der Waals surface area (Å²) in [5, 5.41) is 23.2. The van der Waals surface area contributed by atoms with Crippen molar-refractivity contribution in [3.05, 3.63) is 24.3 Å². The quantitative estimate of drug-likeness (QED) is 0.0321. The van der Waals surface area contributed by atoms with Gasteiger partial charge in [-0.2, -0.15) is 0 Å². The maximum Gasteiger partial charge on any atom is 0.305 e. The topological polar surface area (TPSA) is 95.9 Å². The molecule has 0 aromatic carbocycles. The van der Waals surface area contributed by atoms with Crippen LogP contribution in [-0.4, -0.2) is 47.4 Å². The molecule has 6 nitrogen and oxygen atoms in total. The van der Waals surface area contributed by atoms with Crippen molar-refractivity contribution in [2.24, 2.45) is 0 Å². The van der Waals surface area contributed by atoms with Gasteiger partial charge in [0, 0.05) is 12.8 Å². The summed E-state index contributed by atoms with van der Waals surface area (Å²) < 4.78 is 5.45. The molecule has 1 amide bonds. The lowest BCUT2D eigenvalue weighted by atomic mass is 10.0. The van der Waals surface area contributed by atoms with Crippen LogP contribution in [0.15, 0.2) is 24.3 Å². The molecular formula is C56H107NO5. The molecular weight excluding hydrogens is 767 g/mol. The van der Waals surface area contributed by atoms with Gasteiger partial charge in [-0.15, -0.1) is 0 Å². The molecule has 0 aliphatic heterocycles. The van der Waals surface area contributed by atoms with E-state index < -0.39 is 12.1 Å². The van der Waals surface area contributed by atoms with Crippen LogP contribution in [0.2, 0.25) is 0 Å². The Morgan fingerprint density at radius 3 is 1.16 bits per heavy atom. The number of aliphatic hydroxyl groups is 2. The zero-order valence-electron chi connectivity index (χ0n) is 41.6. The average Bonchev–Trinajstić information content (AvgIpc) is 3.27. The number of amides is 1. The van der Waals surface area contributed by atoms with Crippen LogP contribution in [0, 0.1) is 0 Å². The number of esters is 1. The summed E-state index contributed by atoms with van der Waals surface area (Å²) in [7, 11) is 0. The molecule has 0 spiro atoms. The normalized spacial score (nSPS) is 12.8. The van der Waals surface area contributed by atoms with Gasteiger partial charge in [0.2, 0.25) is 5.91 Å². The van der Waals surface area contributed by atoms with Crippen LogP contribution in [0.25, 0.3) is 0 Å². The Hall–Kier alpha value is -1.66. The lowest BCUT2D eigenvalue weighted by molar-refractivity contribution is -0.143. The lowest BCUT2D eigenvalue weighted by Gasteiger charge is -2.22. The SMILES string of the molecule is CCCCCC/C=C\CCCCCCCC(=O)OCCCCCCCC/C=C\CCCCCCCCCC(=O)NC(CO)C(O)CCCCCCCCCCCCCCCCC. The van der Waals surface area contributed by atoms with Gasteiger partial charge in [0.1, 0.15) is 0 Å². The van der Waals surface area contributed by atoms with Crippen molar-refractivity contribution < 1.29 is 24.5 Å². The zero-order valence-corrected chi connectivity index (χ0v) is 41.6. The third-order valence-corrected chi connectivity index (χ3v) is 12.7. The number of carbonyl (C=O) groups excluding carboxylic acids is 2. The minimum atomic E-state index is -0.672. The highest BCUT2D eigenvalue weighted by Gasteiger charge is 2.20. The molecule has 0 bridgehead atoms. The van der Waals surface area contributed by atoms with E-state index in [0.29, 0.717) is 25.9 Å². The molecule has 0 saturated heterocycles. The van der Waals surface area contributed by atoms with Gasteiger partial charge < -0.3 is 20.3 Å². The van der Waals surface area contributed by atoms with Crippen LogP contribution in [0.4, 0.5) is 0 Å². The van der Waals surface area contributed by atoms with Crippen molar-refractivity contribution in [1.82, 2.24) is 5.32 Å². The van der Waals surface area contributed by atoms with Crippen molar-refractivity contribution in [3.63, 3.8) is 0 Å².